The Morgan fingerprint density at radius 3 is 2.62 bits per heavy atom. The van der Waals surface area contributed by atoms with Gasteiger partial charge in [-0.2, -0.15) is 0 Å². The first-order chi connectivity index (χ1) is 7.78. The molecule has 0 radical (unpaired) electrons. The summed E-state index contributed by atoms with van der Waals surface area (Å²) in [6.45, 7) is 2.07. The molecule has 0 spiro atoms. The number of aromatic hydroxyl groups is 1. The highest BCUT2D eigenvalue weighted by atomic mass is 32.2. The molecule has 0 aliphatic carbocycles. The van der Waals surface area contributed by atoms with Gasteiger partial charge in [-0.3, -0.25) is 0 Å². The second-order valence-corrected chi connectivity index (χ2v) is 4.39. The summed E-state index contributed by atoms with van der Waals surface area (Å²) in [5.41, 5.74) is 1.04. The third-order valence-electron chi connectivity index (χ3n) is 2.12. The maximum Gasteiger partial charge on any atom is 0.116 e. The average Bonchev–Trinajstić information content (AvgIpc) is 2.32. The second-order valence-electron chi connectivity index (χ2n) is 3.30. The minimum absolute atomic E-state index is 0.279. The van der Waals surface area contributed by atoms with Crippen molar-refractivity contribution in [2.75, 3.05) is 0 Å². The molecule has 1 aromatic heterocycles. The van der Waals surface area contributed by atoms with Crippen LogP contribution in [0.2, 0.25) is 0 Å². The summed E-state index contributed by atoms with van der Waals surface area (Å²) in [6.07, 6.45) is 2.49. The first-order valence-electron chi connectivity index (χ1n) is 5.05. The molecular weight excluding hydrogens is 220 g/mol. The third-order valence-corrected chi connectivity index (χ3v) is 3.06. The van der Waals surface area contributed by atoms with E-state index in [4.69, 9.17) is 0 Å². The van der Waals surface area contributed by atoms with Gasteiger partial charge in [-0.15, -0.1) is 0 Å². The highest BCUT2D eigenvalue weighted by Crippen LogP contribution is 2.27. The number of phenolic OH excluding ortho intramolecular Hbond substituents is 1. The molecule has 82 valence electrons. The first kappa shape index (κ1) is 11.0. The molecule has 1 aromatic carbocycles. The fourth-order valence-corrected chi connectivity index (χ4v) is 2.07. The number of phenols is 1. The van der Waals surface area contributed by atoms with Gasteiger partial charge in [0.2, 0.25) is 0 Å². The van der Waals surface area contributed by atoms with Crippen LogP contribution in [0.3, 0.4) is 0 Å². The van der Waals surface area contributed by atoms with Crippen LogP contribution in [0, 0.1) is 0 Å². The van der Waals surface area contributed by atoms with Crippen molar-refractivity contribution in [2.24, 2.45) is 0 Å². The van der Waals surface area contributed by atoms with E-state index >= 15 is 0 Å². The summed E-state index contributed by atoms with van der Waals surface area (Å²) in [6, 6.07) is 9.06. The van der Waals surface area contributed by atoms with Gasteiger partial charge in [-0.1, -0.05) is 18.7 Å². The van der Waals surface area contributed by atoms with Crippen molar-refractivity contribution in [3.63, 3.8) is 0 Å². The van der Waals surface area contributed by atoms with Crippen molar-refractivity contribution in [1.29, 1.82) is 0 Å². The van der Waals surface area contributed by atoms with Crippen LogP contribution in [0.1, 0.15) is 12.6 Å². The largest absolute Gasteiger partial charge is 0.508 e. The van der Waals surface area contributed by atoms with Crippen molar-refractivity contribution in [2.45, 2.75) is 23.3 Å². The Hall–Kier alpha value is -1.55. The van der Waals surface area contributed by atoms with Gasteiger partial charge in [0.25, 0.3) is 0 Å². The van der Waals surface area contributed by atoms with Crippen molar-refractivity contribution < 1.29 is 5.11 Å². The van der Waals surface area contributed by atoms with Crippen LogP contribution in [0.5, 0.6) is 5.75 Å². The number of hydrogen-bond acceptors (Lipinski definition) is 4. The molecule has 0 atom stereocenters. The zero-order valence-corrected chi connectivity index (χ0v) is 9.74. The molecule has 16 heavy (non-hydrogen) atoms. The lowest BCUT2D eigenvalue weighted by molar-refractivity contribution is 0.475. The Morgan fingerprint density at radius 2 is 1.94 bits per heavy atom. The Kier molecular flexibility index (Phi) is 3.41. The summed E-state index contributed by atoms with van der Waals surface area (Å²) >= 11 is 1.56. The standard InChI is InChI=1S/C12H12N2OS/c1-2-9-7-12(14-8-13-9)16-11-5-3-10(15)4-6-11/h3-8,15H,2H2,1H3. The van der Waals surface area contributed by atoms with Gasteiger partial charge in [0.1, 0.15) is 17.1 Å². The monoisotopic (exact) mass is 232 g/mol. The fraction of sp³-hybridized carbons (Fsp3) is 0.167. The molecule has 2 aromatic rings. The van der Waals surface area contributed by atoms with E-state index in [2.05, 4.69) is 16.9 Å². The second kappa shape index (κ2) is 4.99. The molecule has 0 saturated heterocycles. The van der Waals surface area contributed by atoms with E-state index in [0.717, 1.165) is 22.0 Å². The SMILES string of the molecule is CCc1cc(Sc2ccc(O)cc2)ncn1. The van der Waals surface area contributed by atoms with E-state index in [1.165, 1.54) is 0 Å². The molecule has 0 amide bonds. The molecule has 4 heteroatoms. The van der Waals surface area contributed by atoms with Crippen LogP contribution < -0.4 is 0 Å². The van der Waals surface area contributed by atoms with E-state index in [0.29, 0.717) is 0 Å². The van der Waals surface area contributed by atoms with Crippen LogP contribution >= 0.6 is 11.8 Å². The Labute approximate surface area is 98.6 Å². The lowest BCUT2D eigenvalue weighted by Gasteiger charge is -2.02. The zero-order chi connectivity index (χ0) is 11.4. The lowest BCUT2D eigenvalue weighted by Crippen LogP contribution is -1.89. The number of aromatic nitrogens is 2. The van der Waals surface area contributed by atoms with Crippen molar-refractivity contribution in [1.82, 2.24) is 9.97 Å². The van der Waals surface area contributed by atoms with E-state index in [1.54, 1.807) is 30.2 Å². The maximum atomic E-state index is 9.17. The van der Waals surface area contributed by atoms with Crippen LogP contribution in [0.15, 0.2) is 46.6 Å². The van der Waals surface area contributed by atoms with Gasteiger partial charge in [0, 0.05) is 10.6 Å². The molecule has 3 nitrogen and oxygen atoms in total. The normalized spacial score (nSPS) is 10.3. The topological polar surface area (TPSA) is 46.0 Å². The maximum absolute atomic E-state index is 9.17. The van der Waals surface area contributed by atoms with Gasteiger partial charge in [-0.05, 0) is 36.8 Å². The van der Waals surface area contributed by atoms with Gasteiger partial charge >= 0.3 is 0 Å². The summed E-state index contributed by atoms with van der Waals surface area (Å²) in [4.78, 5) is 9.40. The predicted molar refractivity (Wildman–Crippen MR) is 63.6 cm³/mol. The minimum atomic E-state index is 0.279. The molecular formula is C12H12N2OS. The number of aryl methyl sites for hydroxylation is 1. The predicted octanol–water partition coefficient (Wildman–Crippen LogP) is 2.90. The summed E-state index contributed by atoms with van der Waals surface area (Å²) in [7, 11) is 0. The van der Waals surface area contributed by atoms with Crippen molar-refractivity contribution in [3.05, 3.63) is 42.4 Å². The molecule has 0 bridgehead atoms. The van der Waals surface area contributed by atoms with E-state index < -0.39 is 0 Å². The Bertz CT molecular complexity index is 471. The summed E-state index contributed by atoms with van der Waals surface area (Å²) in [5.74, 6) is 0.279. The van der Waals surface area contributed by atoms with E-state index in [1.807, 2.05) is 18.2 Å². The highest BCUT2D eigenvalue weighted by molar-refractivity contribution is 7.99. The highest BCUT2D eigenvalue weighted by Gasteiger charge is 2.00. The molecule has 2 rings (SSSR count). The number of benzene rings is 1. The molecule has 1 N–H and O–H groups in total. The number of nitrogens with zero attached hydrogens (tertiary/aromatic N) is 2. The Morgan fingerprint density at radius 1 is 1.19 bits per heavy atom. The van der Waals surface area contributed by atoms with Crippen LogP contribution in [0.4, 0.5) is 0 Å². The lowest BCUT2D eigenvalue weighted by atomic mass is 10.3. The van der Waals surface area contributed by atoms with Crippen LogP contribution in [0.25, 0.3) is 0 Å². The molecule has 0 aliphatic heterocycles. The third kappa shape index (κ3) is 2.73. The fourth-order valence-electron chi connectivity index (χ4n) is 1.26. The summed E-state index contributed by atoms with van der Waals surface area (Å²) < 4.78 is 0. The quantitative estimate of drug-likeness (QED) is 0.826. The summed E-state index contributed by atoms with van der Waals surface area (Å²) in [5, 5.41) is 10.1. The van der Waals surface area contributed by atoms with Gasteiger partial charge < -0.3 is 5.11 Å². The van der Waals surface area contributed by atoms with Gasteiger partial charge in [0.15, 0.2) is 0 Å². The smallest absolute Gasteiger partial charge is 0.116 e. The van der Waals surface area contributed by atoms with Gasteiger partial charge in [0.05, 0.1) is 0 Å². The molecule has 0 saturated carbocycles. The average molecular weight is 232 g/mol. The molecule has 1 heterocycles. The van der Waals surface area contributed by atoms with Crippen LogP contribution in [-0.4, -0.2) is 15.1 Å². The minimum Gasteiger partial charge on any atom is -0.508 e. The van der Waals surface area contributed by atoms with Crippen molar-refractivity contribution >= 4 is 11.8 Å². The van der Waals surface area contributed by atoms with E-state index in [9.17, 15) is 5.11 Å². The number of rotatable bonds is 3. The Balaban J connectivity index is 2.16. The van der Waals surface area contributed by atoms with Crippen LogP contribution in [-0.2, 0) is 6.42 Å². The molecule has 0 aliphatic rings. The van der Waals surface area contributed by atoms with Gasteiger partial charge in [-0.25, -0.2) is 9.97 Å². The zero-order valence-electron chi connectivity index (χ0n) is 8.92. The first-order valence-corrected chi connectivity index (χ1v) is 5.87. The van der Waals surface area contributed by atoms with Crippen molar-refractivity contribution in [3.8, 4) is 5.75 Å². The molecule has 0 fully saturated rings. The number of hydrogen-bond donors (Lipinski definition) is 1. The molecule has 0 unspecified atom stereocenters. The van der Waals surface area contributed by atoms with E-state index in [-0.39, 0.29) is 5.75 Å².